The highest BCUT2D eigenvalue weighted by molar-refractivity contribution is 6.30. The number of ether oxygens (including phenoxy) is 2. The number of carbonyl (C=O) groups excluding carboxylic acids is 1. The zero-order valence-electron chi connectivity index (χ0n) is 14.9. The first-order chi connectivity index (χ1) is 13.2. The summed E-state index contributed by atoms with van der Waals surface area (Å²) >= 11 is 5.80. The van der Waals surface area contributed by atoms with Gasteiger partial charge in [0, 0.05) is 38.9 Å². The van der Waals surface area contributed by atoms with Crippen molar-refractivity contribution in [1.82, 2.24) is 14.8 Å². The molecule has 1 aromatic carbocycles. The molecule has 1 amide bonds. The summed E-state index contributed by atoms with van der Waals surface area (Å²) in [5.41, 5.74) is 1.21. The van der Waals surface area contributed by atoms with Gasteiger partial charge in [-0.2, -0.15) is 0 Å². The van der Waals surface area contributed by atoms with E-state index in [1.54, 1.807) is 12.1 Å². The van der Waals surface area contributed by atoms with Crippen LogP contribution in [-0.2, 0) is 11.3 Å². The lowest BCUT2D eigenvalue weighted by molar-refractivity contribution is -0.117. The molecule has 1 fully saturated rings. The van der Waals surface area contributed by atoms with E-state index in [9.17, 15) is 4.79 Å². The van der Waals surface area contributed by atoms with Crippen LogP contribution in [-0.4, -0.2) is 60.2 Å². The molecule has 4 rings (SSSR count). The molecule has 0 radical (unpaired) electrons. The number of aromatic nitrogens is 1. The number of amides is 1. The van der Waals surface area contributed by atoms with Crippen molar-refractivity contribution in [2.75, 3.05) is 44.8 Å². The van der Waals surface area contributed by atoms with Crippen LogP contribution in [0.4, 0.5) is 5.82 Å². The summed E-state index contributed by atoms with van der Waals surface area (Å²) in [5.74, 6) is 2.09. The first-order valence-corrected chi connectivity index (χ1v) is 9.28. The third-order valence-electron chi connectivity index (χ3n) is 4.67. The molecule has 1 N–H and O–H groups in total. The molecule has 0 unspecified atom stereocenters. The number of rotatable bonds is 5. The quantitative estimate of drug-likeness (QED) is 0.847. The van der Waals surface area contributed by atoms with E-state index in [0.717, 1.165) is 44.2 Å². The van der Waals surface area contributed by atoms with Crippen molar-refractivity contribution in [2.45, 2.75) is 6.54 Å². The second-order valence-corrected chi connectivity index (χ2v) is 7.09. The van der Waals surface area contributed by atoms with Gasteiger partial charge in [0.15, 0.2) is 11.5 Å². The van der Waals surface area contributed by atoms with Gasteiger partial charge in [0.2, 0.25) is 12.7 Å². The fourth-order valence-electron chi connectivity index (χ4n) is 3.24. The zero-order chi connectivity index (χ0) is 18.6. The Kier molecular flexibility index (Phi) is 5.42. The van der Waals surface area contributed by atoms with Gasteiger partial charge in [-0.25, -0.2) is 4.98 Å². The van der Waals surface area contributed by atoms with E-state index >= 15 is 0 Å². The van der Waals surface area contributed by atoms with Gasteiger partial charge >= 0.3 is 0 Å². The molecular formula is C19H21ClN4O3. The number of hydrogen-bond acceptors (Lipinski definition) is 6. The Labute approximate surface area is 162 Å². The third-order valence-corrected chi connectivity index (χ3v) is 4.89. The van der Waals surface area contributed by atoms with Crippen molar-refractivity contribution in [3.8, 4) is 11.5 Å². The molecule has 0 aliphatic carbocycles. The maximum atomic E-state index is 12.2. The van der Waals surface area contributed by atoms with Crippen molar-refractivity contribution in [1.29, 1.82) is 0 Å². The summed E-state index contributed by atoms with van der Waals surface area (Å²) in [5, 5.41) is 3.35. The Balaban J connectivity index is 1.23. The molecule has 0 atom stereocenters. The van der Waals surface area contributed by atoms with Gasteiger partial charge < -0.3 is 14.8 Å². The fraction of sp³-hybridized carbons (Fsp3) is 0.368. The monoisotopic (exact) mass is 388 g/mol. The summed E-state index contributed by atoms with van der Waals surface area (Å²) in [4.78, 5) is 20.8. The molecule has 2 aliphatic heterocycles. The highest BCUT2D eigenvalue weighted by atomic mass is 35.5. The van der Waals surface area contributed by atoms with Crippen LogP contribution in [0.25, 0.3) is 0 Å². The molecule has 0 saturated carbocycles. The Bertz CT molecular complexity index is 807. The van der Waals surface area contributed by atoms with E-state index in [2.05, 4.69) is 26.2 Å². The highest BCUT2D eigenvalue weighted by Gasteiger charge is 2.20. The second kappa shape index (κ2) is 8.12. The van der Waals surface area contributed by atoms with E-state index in [0.29, 0.717) is 24.2 Å². The van der Waals surface area contributed by atoms with Gasteiger partial charge in [0.05, 0.1) is 11.6 Å². The van der Waals surface area contributed by atoms with E-state index in [-0.39, 0.29) is 5.91 Å². The minimum Gasteiger partial charge on any atom is -0.454 e. The van der Waals surface area contributed by atoms with Gasteiger partial charge in [-0.05, 0) is 29.8 Å². The second-order valence-electron chi connectivity index (χ2n) is 6.65. The summed E-state index contributed by atoms with van der Waals surface area (Å²) < 4.78 is 10.8. The van der Waals surface area contributed by atoms with Gasteiger partial charge in [-0.1, -0.05) is 17.7 Å². The topological polar surface area (TPSA) is 66.9 Å². The summed E-state index contributed by atoms with van der Waals surface area (Å²) in [6, 6.07) is 9.49. The van der Waals surface area contributed by atoms with Crippen molar-refractivity contribution >= 4 is 23.3 Å². The number of hydrogen-bond donors (Lipinski definition) is 1. The number of pyridine rings is 1. The van der Waals surface area contributed by atoms with Crippen molar-refractivity contribution in [2.24, 2.45) is 0 Å². The highest BCUT2D eigenvalue weighted by Crippen LogP contribution is 2.32. The lowest BCUT2D eigenvalue weighted by Gasteiger charge is -2.34. The van der Waals surface area contributed by atoms with E-state index in [1.807, 2.05) is 12.1 Å². The number of fused-ring (bicyclic) bond motifs is 1. The molecule has 1 aromatic heterocycles. The van der Waals surface area contributed by atoms with Crippen LogP contribution < -0.4 is 14.8 Å². The summed E-state index contributed by atoms with van der Waals surface area (Å²) in [6.07, 6.45) is 1.52. The number of halogens is 1. The number of nitrogens with zero attached hydrogens (tertiary/aromatic N) is 3. The summed E-state index contributed by atoms with van der Waals surface area (Å²) in [7, 11) is 0. The molecule has 27 heavy (non-hydrogen) atoms. The van der Waals surface area contributed by atoms with Crippen LogP contribution in [0.5, 0.6) is 11.5 Å². The molecule has 2 aliphatic rings. The molecule has 142 valence electrons. The molecule has 0 spiro atoms. The van der Waals surface area contributed by atoms with Crippen molar-refractivity contribution in [3.63, 3.8) is 0 Å². The van der Waals surface area contributed by atoms with E-state index in [1.165, 1.54) is 11.8 Å². The number of anilines is 1. The molecule has 7 nitrogen and oxygen atoms in total. The van der Waals surface area contributed by atoms with Crippen molar-refractivity contribution < 1.29 is 14.3 Å². The van der Waals surface area contributed by atoms with Gasteiger partial charge in [-0.3, -0.25) is 14.6 Å². The zero-order valence-corrected chi connectivity index (χ0v) is 15.6. The maximum Gasteiger partial charge on any atom is 0.239 e. The molecule has 0 bridgehead atoms. The van der Waals surface area contributed by atoms with Crippen molar-refractivity contribution in [3.05, 3.63) is 47.1 Å². The lowest BCUT2D eigenvalue weighted by atomic mass is 10.1. The van der Waals surface area contributed by atoms with Crippen LogP contribution in [0.15, 0.2) is 36.5 Å². The Morgan fingerprint density at radius 2 is 1.85 bits per heavy atom. The largest absolute Gasteiger partial charge is 0.454 e. The first-order valence-electron chi connectivity index (χ1n) is 8.90. The smallest absolute Gasteiger partial charge is 0.239 e. The van der Waals surface area contributed by atoms with Gasteiger partial charge in [0.1, 0.15) is 5.82 Å². The average molecular weight is 389 g/mol. The average Bonchev–Trinajstić information content (AvgIpc) is 3.13. The molecule has 3 heterocycles. The number of benzene rings is 1. The standard InChI is InChI=1S/C19H21ClN4O3/c20-15-2-4-18(21-10-15)22-19(25)12-24-7-5-23(6-8-24)11-14-1-3-16-17(9-14)27-13-26-16/h1-4,9-10H,5-8,11-13H2,(H,21,22,25). The SMILES string of the molecule is O=C(CN1CCN(Cc2ccc3c(c2)OCO3)CC1)Nc1ccc(Cl)cn1. The minimum absolute atomic E-state index is 0.0611. The van der Waals surface area contributed by atoms with Crippen LogP contribution in [0, 0.1) is 0 Å². The third kappa shape index (κ3) is 4.68. The molecule has 1 saturated heterocycles. The number of nitrogens with one attached hydrogen (secondary N) is 1. The van der Waals surface area contributed by atoms with E-state index in [4.69, 9.17) is 21.1 Å². The van der Waals surface area contributed by atoms with Crippen LogP contribution in [0.2, 0.25) is 5.02 Å². The number of piperazine rings is 1. The molecular weight excluding hydrogens is 368 g/mol. The lowest BCUT2D eigenvalue weighted by Crippen LogP contribution is -2.48. The normalized spacial score (nSPS) is 17.1. The van der Waals surface area contributed by atoms with Crippen LogP contribution in [0.3, 0.4) is 0 Å². The number of carbonyl (C=O) groups is 1. The predicted octanol–water partition coefficient (Wildman–Crippen LogP) is 2.22. The Hall–Kier alpha value is -2.35. The van der Waals surface area contributed by atoms with Crippen LogP contribution >= 0.6 is 11.6 Å². The minimum atomic E-state index is -0.0611. The van der Waals surface area contributed by atoms with Crippen LogP contribution in [0.1, 0.15) is 5.56 Å². The van der Waals surface area contributed by atoms with E-state index < -0.39 is 0 Å². The Morgan fingerprint density at radius 3 is 2.63 bits per heavy atom. The first kappa shape index (κ1) is 18.0. The maximum absolute atomic E-state index is 12.2. The van der Waals surface area contributed by atoms with Gasteiger partial charge in [0.25, 0.3) is 0 Å². The molecule has 8 heteroatoms. The molecule has 2 aromatic rings. The summed E-state index contributed by atoms with van der Waals surface area (Å²) in [6.45, 7) is 5.07. The fourth-order valence-corrected chi connectivity index (χ4v) is 3.35. The Morgan fingerprint density at radius 1 is 1.07 bits per heavy atom. The predicted molar refractivity (Wildman–Crippen MR) is 102 cm³/mol. The van der Waals surface area contributed by atoms with Gasteiger partial charge in [-0.15, -0.1) is 0 Å².